The maximum Gasteiger partial charge on any atom is 0.321 e. The van der Waals surface area contributed by atoms with Gasteiger partial charge in [-0.2, -0.15) is 0 Å². The Kier molecular flexibility index (Phi) is 9.05. The molecular formula is C6H12I2N2O2. The lowest BCUT2D eigenvalue weighted by atomic mass is 10.1. The van der Waals surface area contributed by atoms with E-state index in [1.54, 1.807) is 0 Å². The van der Waals surface area contributed by atoms with Crippen LogP contribution in [0.5, 0.6) is 0 Å². The number of halogens is 2. The summed E-state index contributed by atoms with van der Waals surface area (Å²) in [6.07, 6.45) is 2.64. The predicted molar refractivity (Wildman–Crippen MR) is 64.5 cm³/mol. The third-order valence-corrected chi connectivity index (χ3v) is 2.74. The van der Waals surface area contributed by atoms with Crippen LogP contribution in [0.25, 0.3) is 0 Å². The predicted octanol–water partition coefficient (Wildman–Crippen LogP) is 1.49. The molecule has 0 amide bonds. The van der Waals surface area contributed by atoms with E-state index in [9.17, 15) is 4.79 Å². The van der Waals surface area contributed by atoms with Crippen LogP contribution in [0.2, 0.25) is 0 Å². The van der Waals surface area contributed by atoms with Crippen molar-refractivity contribution in [3.8, 4) is 0 Å². The second-order valence-electron chi connectivity index (χ2n) is 2.38. The lowest BCUT2D eigenvalue weighted by Crippen LogP contribution is -2.29. The Hall–Kier alpha value is 0.850. The molecule has 0 heterocycles. The maximum absolute atomic E-state index is 10.5. The number of hydrogen-bond acceptors (Lipinski definition) is 3. The van der Waals surface area contributed by atoms with Crippen LogP contribution in [0.1, 0.15) is 19.3 Å². The molecule has 1 atom stereocenters. The molecule has 0 saturated heterocycles. The zero-order valence-electron chi connectivity index (χ0n) is 6.52. The highest BCUT2D eigenvalue weighted by atomic mass is 127. The summed E-state index contributed by atoms with van der Waals surface area (Å²) in [5, 5.41) is 8.65. The summed E-state index contributed by atoms with van der Waals surface area (Å²) in [6.45, 7) is 0.939. The van der Waals surface area contributed by atoms with Crippen LogP contribution in [0.3, 0.4) is 0 Å². The lowest BCUT2D eigenvalue weighted by molar-refractivity contribution is -0.138. The van der Waals surface area contributed by atoms with Crippen LogP contribution in [0.4, 0.5) is 0 Å². The van der Waals surface area contributed by atoms with Crippen LogP contribution in [0.15, 0.2) is 0 Å². The molecule has 0 saturated carbocycles. The van der Waals surface area contributed by atoms with Gasteiger partial charge in [-0.1, -0.05) is 0 Å². The van der Waals surface area contributed by atoms with Crippen molar-refractivity contribution < 1.29 is 9.90 Å². The molecule has 0 fully saturated rings. The first-order valence-corrected chi connectivity index (χ1v) is 5.80. The van der Waals surface area contributed by atoms with Crippen LogP contribution >= 0.6 is 45.7 Å². The van der Waals surface area contributed by atoms with Gasteiger partial charge in [0.05, 0.1) is 0 Å². The molecule has 0 spiro atoms. The number of unbranched alkanes of at least 4 members (excludes halogenated alkanes) is 1. The molecule has 0 bridgehead atoms. The van der Waals surface area contributed by atoms with E-state index in [0.29, 0.717) is 6.42 Å². The number of aliphatic carboxylic acids is 1. The number of rotatable bonds is 7. The van der Waals surface area contributed by atoms with E-state index in [4.69, 9.17) is 5.11 Å². The number of carboxylic acid groups (broad SMARTS) is 1. The summed E-state index contributed by atoms with van der Waals surface area (Å²) >= 11 is 3.96. The van der Waals surface area contributed by atoms with Crippen molar-refractivity contribution in [3.63, 3.8) is 0 Å². The van der Waals surface area contributed by atoms with Crippen LogP contribution < -0.4 is 7.06 Å². The van der Waals surface area contributed by atoms with Crippen molar-refractivity contribution in [2.24, 2.45) is 0 Å². The van der Waals surface area contributed by atoms with Gasteiger partial charge >= 0.3 is 5.97 Å². The van der Waals surface area contributed by atoms with Crippen LogP contribution in [-0.2, 0) is 4.79 Å². The van der Waals surface area contributed by atoms with Gasteiger partial charge in [0.25, 0.3) is 0 Å². The van der Waals surface area contributed by atoms with Crippen molar-refractivity contribution >= 4 is 51.7 Å². The normalized spacial score (nSPS) is 12.8. The van der Waals surface area contributed by atoms with Crippen molar-refractivity contribution in [1.82, 2.24) is 7.06 Å². The third-order valence-electron chi connectivity index (χ3n) is 1.44. The number of nitrogens with one attached hydrogen (secondary N) is 2. The molecule has 0 aromatic heterocycles. The number of carbonyl (C=O) groups is 1. The summed E-state index contributed by atoms with van der Waals surface area (Å²) in [7, 11) is 0. The summed E-state index contributed by atoms with van der Waals surface area (Å²) < 4.78 is 5.72. The van der Waals surface area contributed by atoms with E-state index in [2.05, 4.69) is 29.9 Å². The quantitative estimate of drug-likeness (QED) is 0.346. The highest BCUT2D eigenvalue weighted by Crippen LogP contribution is 2.02. The SMILES string of the molecule is O=C(O)C(CCCCNI)NI. The minimum atomic E-state index is -0.771. The lowest BCUT2D eigenvalue weighted by Gasteiger charge is -2.08. The van der Waals surface area contributed by atoms with Gasteiger partial charge in [0.2, 0.25) is 0 Å². The molecule has 0 aromatic rings. The monoisotopic (exact) mass is 398 g/mol. The van der Waals surface area contributed by atoms with Gasteiger partial charge in [-0.15, -0.1) is 0 Å². The molecule has 3 N–H and O–H groups in total. The smallest absolute Gasteiger partial charge is 0.321 e. The topological polar surface area (TPSA) is 61.4 Å². The first-order chi connectivity index (χ1) is 5.72. The molecule has 0 aliphatic heterocycles. The van der Waals surface area contributed by atoms with Gasteiger partial charge in [0, 0.05) is 52.3 Å². The second kappa shape index (κ2) is 8.45. The summed E-state index contributed by atoms with van der Waals surface area (Å²) in [5.74, 6) is -0.771. The van der Waals surface area contributed by atoms with Crippen molar-refractivity contribution in [1.29, 1.82) is 0 Å². The van der Waals surface area contributed by atoms with Gasteiger partial charge in [0.1, 0.15) is 6.04 Å². The Morgan fingerprint density at radius 3 is 2.50 bits per heavy atom. The largest absolute Gasteiger partial charge is 0.480 e. The summed E-state index contributed by atoms with van der Waals surface area (Å²) in [5.41, 5.74) is 0. The summed E-state index contributed by atoms with van der Waals surface area (Å²) in [6, 6.07) is -0.403. The zero-order chi connectivity index (χ0) is 9.40. The second-order valence-corrected chi connectivity index (χ2v) is 3.76. The fourth-order valence-corrected chi connectivity index (χ4v) is 1.72. The fourth-order valence-electron chi connectivity index (χ4n) is 0.765. The standard InChI is InChI=1S/C6H12I2N2O2/c7-9-4-2-1-3-5(10-8)6(11)12/h5,9-10H,1-4H2,(H,11,12). The molecule has 0 aromatic carbocycles. The first kappa shape index (κ1) is 12.8. The Balaban J connectivity index is 3.38. The molecule has 6 heteroatoms. The molecular weight excluding hydrogens is 386 g/mol. The Morgan fingerprint density at radius 1 is 1.42 bits per heavy atom. The fraction of sp³-hybridized carbons (Fsp3) is 0.833. The molecule has 0 rings (SSSR count). The Labute approximate surface area is 99.9 Å². The minimum absolute atomic E-state index is 0.403. The summed E-state index contributed by atoms with van der Waals surface area (Å²) in [4.78, 5) is 10.5. The number of hydrogen-bond donors (Lipinski definition) is 3. The van der Waals surface area contributed by atoms with E-state index < -0.39 is 12.0 Å². The average Bonchev–Trinajstić information content (AvgIpc) is 2.04. The van der Waals surface area contributed by atoms with Gasteiger partial charge in [-0.05, 0) is 19.3 Å². The van der Waals surface area contributed by atoms with Gasteiger partial charge < -0.3 is 5.11 Å². The highest BCUT2D eigenvalue weighted by molar-refractivity contribution is 14.1. The Bertz CT molecular complexity index is 135. The number of carboxylic acids is 1. The first-order valence-electron chi connectivity index (χ1n) is 3.64. The third kappa shape index (κ3) is 6.38. The van der Waals surface area contributed by atoms with Crippen molar-refractivity contribution in [2.45, 2.75) is 25.3 Å². The van der Waals surface area contributed by atoms with Crippen LogP contribution in [-0.4, -0.2) is 23.7 Å². The van der Waals surface area contributed by atoms with E-state index in [1.807, 2.05) is 22.9 Å². The molecule has 0 aliphatic carbocycles. The Morgan fingerprint density at radius 2 is 2.08 bits per heavy atom. The molecule has 0 aliphatic rings. The highest BCUT2D eigenvalue weighted by Gasteiger charge is 2.13. The zero-order valence-corrected chi connectivity index (χ0v) is 10.8. The molecule has 12 heavy (non-hydrogen) atoms. The maximum atomic E-state index is 10.5. The van der Waals surface area contributed by atoms with E-state index >= 15 is 0 Å². The van der Waals surface area contributed by atoms with Crippen molar-refractivity contribution in [2.75, 3.05) is 6.54 Å². The van der Waals surface area contributed by atoms with E-state index in [0.717, 1.165) is 19.4 Å². The molecule has 72 valence electrons. The minimum Gasteiger partial charge on any atom is -0.480 e. The van der Waals surface area contributed by atoms with Crippen molar-refractivity contribution in [3.05, 3.63) is 0 Å². The molecule has 4 nitrogen and oxygen atoms in total. The average molecular weight is 398 g/mol. The molecule has 0 radical (unpaired) electrons. The molecule has 1 unspecified atom stereocenters. The van der Waals surface area contributed by atoms with E-state index in [1.165, 1.54) is 0 Å². The van der Waals surface area contributed by atoms with E-state index in [-0.39, 0.29) is 0 Å². The van der Waals surface area contributed by atoms with Gasteiger partial charge in [0.15, 0.2) is 0 Å². The van der Waals surface area contributed by atoms with Gasteiger partial charge in [-0.25, -0.2) is 3.53 Å². The van der Waals surface area contributed by atoms with Crippen LogP contribution in [0, 0.1) is 0 Å². The van der Waals surface area contributed by atoms with Gasteiger partial charge in [-0.3, -0.25) is 8.32 Å².